The zero-order valence-corrected chi connectivity index (χ0v) is 12.3. The fraction of sp³-hybridized carbons (Fsp3) is 0.429. The third-order valence-corrected chi connectivity index (χ3v) is 3.59. The molecule has 1 unspecified atom stereocenters. The Morgan fingerprint density at radius 1 is 1.35 bits per heavy atom. The van der Waals surface area contributed by atoms with Crippen LogP contribution in [-0.4, -0.2) is 6.54 Å². The standard InChI is InChI=1S/C14H18BrNO/c1-5-16-10(4)14-9(3)12-7-11(15)6-8(2)13(12)17-14/h6-7,10,16H,5H2,1-4H3. The maximum Gasteiger partial charge on any atom is 0.137 e. The van der Waals surface area contributed by atoms with E-state index >= 15 is 0 Å². The van der Waals surface area contributed by atoms with Crippen molar-refractivity contribution in [2.45, 2.75) is 33.7 Å². The molecule has 0 fully saturated rings. The fourth-order valence-electron chi connectivity index (χ4n) is 2.28. The average Bonchev–Trinajstić information content (AvgIpc) is 2.57. The highest BCUT2D eigenvalue weighted by Crippen LogP contribution is 2.33. The minimum Gasteiger partial charge on any atom is -0.459 e. The molecule has 1 N–H and O–H groups in total. The zero-order chi connectivity index (χ0) is 12.6. The number of rotatable bonds is 3. The molecule has 92 valence electrons. The highest BCUT2D eigenvalue weighted by Gasteiger charge is 2.17. The van der Waals surface area contributed by atoms with Gasteiger partial charge in [-0.25, -0.2) is 0 Å². The summed E-state index contributed by atoms with van der Waals surface area (Å²) in [5.74, 6) is 1.04. The molecule has 2 rings (SSSR count). The summed E-state index contributed by atoms with van der Waals surface area (Å²) in [6.07, 6.45) is 0. The van der Waals surface area contributed by atoms with Gasteiger partial charge in [0.15, 0.2) is 0 Å². The molecular formula is C14H18BrNO. The number of fused-ring (bicyclic) bond motifs is 1. The van der Waals surface area contributed by atoms with E-state index in [9.17, 15) is 0 Å². The van der Waals surface area contributed by atoms with Crippen LogP contribution in [0.4, 0.5) is 0 Å². The first-order chi connectivity index (χ1) is 8.04. The number of hydrogen-bond acceptors (Lipinski definition) is 2. The topological polar surface area (TPSA) is 25.2 Å². The van der Waals surface area contributed by atoms with Crippen LogP contribution in [0.25, 0.3) is 11.0 Å². The third kappa shape index (κ3) is 2.26. The number of hydrogen-bond donors (Lipinski definition) is 1. The van der Waals surface area contributed by atoms with Crippen LogP contribution in [-0.2, 0) is 0 Å². The molecule has 1 aromatic heterocycles. The number of halogens is 1. The minimum atomic E-state index is 0.255. The van der Waals surface area contributed by atoms with Crippen molar-refractivity contribution in [3.63, 3.8) is 0 Å². The molecule has 0 radical (unpaired) electrons. The molecule has 1 atom stereocenters. The molecule has 1 heterocycles. The summed E-state index contributed by atoms with van der Waals surface area (Å²) in [6, 6.07) is 4.47. The largest absolute Gasteiger partial charge is 0.459 e. The van der Waals surface area contributed by atoms with E-state index in [0.717, 1.165) is 22.4 Å². The van der Waals surface area contributed by atoms with Gasteiger partial charge in [0.2, 0.25) is 0 Å². The molecule has 2 nitrogen and oxygen atoms in total. The highest BCUT2D eigenvalue weighted by molar-refractivity contribution is 9.10. The van der Waals surface area contributed by atoms with Crippen molar-refractivity contribution in [1.29, 1.82) is 0 Å². The number of nitrogens with one attached hydrogen (secondary N) is 1. The molecular weight excluding hydrogens is 278 g/mol. The lowest BCUT2D eigenvalue weighted by Crippen LogP contribution is -2.17. The Labute approximate surface area is 111 Å². The molecule has 0 aliphatic heterocycles. The van der Waals surface area contributed by atoms with Crippen LogP contribution in [0.2, 0.25) is 0 Å². The van der Waals surface area contributed by atoms with Crippen molar-refractivity contribution in [3.8, 4) is 0 Å². The molecule has 1 aromatic carbocycles. The van der Waals surface area contributed by atoms with Gasteiger partial charge in [-0.15, -0.1) is 0 Å². The first kappa shape index (κ1) is 12.7. The molecule has 0 saturated heterocycles. The van der Waals surface area contributed by atoms with Gasteiger partial charge in [-0.1, -0.05) is 22.9 Å². The molecule has 0 aliphatic rings. The van der Waals surface area contributed by atoms with E-state index in [-0.39, 0.29) is 6.04 Å². The van der Waals surface area contributed by atoms with Gasteiger partial charge >= 0.3 is 0 Å². The van der Waals surface area contributed by atoms with Crippen LogP contribution < -0.4 is 5.32 Å². The summed E-state index contributed by atoms with van der Waals surface area (Å²) in [7, 11) is 0. The van der Waals surface area contributed by atoms with Gasteiger partial charge in [0, 0.05) is 15.4 Å². The van der Waals surface area contributed by atoms with Gasteiger partial charge in [0.05, 0.1) is 6.04 Å². The van der Waals surface area contributed by atoms with Crippen molar-refractivity contribution in [3.05, 3.63) is 33.5 Å². The van der Waals surface area contributed by atoms with Gasteiger partial charge in [0.25, 0.3) is 0 Å². The fourth-order valence-corrected chi connectivity index (χ4v) is 2.85. The van der Waals surface area contributed by atoms with E-state index in [1.54, 1.807) is 0 Å². The van der Waals surface area contributed by atoms with E-state index in [2.05, 4.69) is 61.1 Å². The summed E-state index contributed by atoms with van der Waals surface area (Å²) >= 11 is 3.54. The Morgan fingerprint density at radius 2 is 2.06 bits per heavy atom. The van der Waals surface area contributed by atoms with E-state index in [4.69, 9.17) is 4.42 Å². The summed E-state index contributed by atoms with van der Waals surface area (Å²) in [6.45, 7) is 9.40. The molecule has 0 spiro atoms. The Hall–Kier alpha value is -0.800. The first-order valence-corrected chi connectivity index (χ1v) is 6.76. The Morgan fingerprint density at radius 3 is 2.71 bits per heavy atom. The van der Waals surface area contributed by atoms with Gasteiger partial charge in [-0.05, 0) is 45.0 Å². The second-order valence-electron chi connectivity index (χ2n) is 4.47. The maximum atomic E-state index is 6.02. The second kappa shape index (κ2) is 4.83. The predicted octanol–water partition coefficient (Wildman–Crippen LogP) is 4.48. The van der Waals surface area contributed by atoms with Gasteiger partial charge < -0.3 is 9.73 Å². The monoisotopic (exact) mass is 295 g/mol. The predicted molar refractivity (Wildman–Crippen MR) is 75.5 cm³/mol. The zero-order valence-electron chi connectivity index (χ0n) is 10.7. The van der Waals surface area contributed by atoms with Gasteiger partial charge in [-0.2, -0.15) is 0 Å². The Balaban J connectivity index is 2.60. The Kier molecular flexibility index (Phi) is 3.59. The highest BCUT2D eigenvalue weighted by atomic mass is 79.9. The Bertz CT molecular complexity index is 545. The molecule has 17 heavy (non-hydrogen) atoms. The van der Waals surface area contributed by atoms with E-state index in [1.165, 1.54) is 16.5 Å². The smallest absolute Gasteiger partial charge is 0.137 e. The van der Waals surface area contributed by atoms with Crippen molar-refractivity contribution in [1.82, 2.24) is 5.32 Å². The first-order valence-electron chi connectivity index (χ1n) is 5.97. The van der Waals surface area contributed by atoms with Crippen LogP contribution >= 0.6 is 15.9 Å². The minimum absolute atomic E-state index is 0.255. The SMILES string of the molecule is CCNC(C)c1oc2c(C)cc(Br)cc2c1C. The molecule has 3 heteroatoms. The number of benzene rings is 1. The van der Waals surface area contributed by atoms with E-state index < -0.39 is 0 Å². The lowest BCUT2D eigenvalue weighted by molar-refractivity contribution is 0.455. The van der Waals surface area contributed by atoms with Gasteiger partial charge in [0.1, 0.15) is 11.3 Å². The lowest BCUT2D eigenvalue weighted by Gasteiger charge is -2.09. The quantitative estimate of drug-likeness (QED) is 0.903. The van der Waals surface area contributed by atoms with Crippen molar-refractivity contribution in [2.24, 2.45) is 0 Å². The summed E-state index contributed by atoms with van der Waals surface area (Å²) < 4.78 is 7.12. The van der Waals surface area contributed by atoms with Crippen LogP contribution in [0.15, 0.2) is 21.0 Å². The summed E-state index contributed by atoms with van der Waals surface area (Å²) in [5.41, 5.74) is 3.41. The number of aryl methyl sites for hydroxylation is 2. The maximum absolute atomic E-state index is 6.02. The molecule has 2 aromatic rings. The lowest BCUT2D eigenvalue weighted by atomic mass is 10.1. The van der Waals surface area contributed by atoms with Crippen LogP contribution in [0.3, 0.4) is 0 Å². The van der Waals surface area contributed by atoms with Crippen LogP contribution in [0.1, 0.15) is 36.8 Å². The van der Waals surface area contributed by atoms with Gasteiger partial charge in [-0.3, -0.25) is 0 Å². The van der Waals surface area contributed by atoms with E-state index in [1.807, 2.05) is 0 Å². The normalized spacial score (nSPS) is 13.2. The molecule has 0 bridgehead atoms. The molecule has 0 amide bonds. The second-order valence-corrected chi connectivity index (χ2v) is 5.39. The van der Waals surface area contributed by atoms with Crippen LogP contribution in [0, 0.1) is 13.8 Å². The third-order valence-electron chi connectivity index (χ3n) is 3.13. The molecule has 0 saturated carbocycles. The van der Waals surface area contributed by atoms with Crippen molar-refractivity contribution < 1.29 is 4.42 Å². The van der Waals surface area contributed by atoms with Crippen molar-refractivity contribution >= 4 is 26.9 Å². The average molecular weight is 296 g/mol. The van der Waals surface area contributed by atoms with Crippen molar-refractivity contribution in [2.75, 3.05) is 6.54 Å². The molecule has 0 aliphatic carbocycles. The summed E-state index contributed by atoms with van der Waals surface area (Å²) in [5, 5.41) is 4.60. The number of furan rings is 1. The van der Waals surface area contributed by atoms with Crippen LogP contribution in [0.5, 0.6) is 0 Å². The van der Waals surface area contributed by atoms with E-state index in [0.29, 0.717) is 0 Å². The summed E-state index contributed by atoms with van der Waals surface area (Å²) in [4.78, 5) is 0.